The quantitative estimate of drug-likeness (QED) is 0.887. The van der Waals surface area contributed by atoms with E-state index in [0.29, 0.717) is 18.7 Å². The minimum absolute atomic E-state index is 0.100. The van der Waals surface area contributed by atoms with Gasteiger partial charge in [0.25, 0.3) is 5.91 Å². The first kappa shape index (κ1) is 13.1. The van der Waals surface area contributed by atoms with Gasteiger partial charge in [0.15, 0.2) is 0 Å². The van der Waals surface area contributed by atoms with Crippen molar-refractivity contribution >= 4 is 11.8 Å². The molecular weight excluding hydrogens is 256 g/mol. The van der Waals surface area contributed by atoms with Crippen LogP contribution in [0.5, 0.6) is 0 Å². The summed E-state index contributed by atoms with van der Waals surface area (Å²) in [6.45, 7) is 1.21. The first-order chi connectivity index (χ1) is 9.75. The summed E-state index contributed by atoms with van der Waals surface area (Å²) in [5, 5.41) is 2.95. The lowest BCUT2D eigenvalue weighted by molar-refractivity contribution is -0.130. The smallest absolute Gasteiger partial charge is 0.254 e. The molecule has 1 aromatic rings. The molecule has 1 N–H and O–H groups in total. The van der Waals surface area contributed by atoms with Crippen molar-refractivity contribution in [3.8, 4) is 0 Å². The van der Waals surface area contributed by atoms with Gasteiger partial charge < -0.3 is 15.0 Å². The Labute approximate surface area is 117 Å². The van der Waals surface area contributed by atoms with Gasteiger partial charge in [-0.25, -0.2) is 0 Å². The number of nitrogens with one attached hydrogen (secondary N) is 1. The maximum absolute atomic E-state index is 12.5. The SMILES string of the molecule is O=C(NC1CC1)C1COCCN1C(=O)c1ccccc1. The lowest BCUT2D eigenvalue weighted by atomic mass is 10.1. The molecule has 1 aliphatic carbocycles. The summed E-state index contributed by atoms with van der Waals surface area (Å²) in [6, 6.07) is 8.84. The van der Waals surface area contributed by atoms with Crippen LogP contribution in [0.4, 0.5) is 0 Å². The molecule has 106 valence electrons. The molecule has 0 aromatic heterocycles. The minimum atomic E-state index is -0.517. The molecular formula is C15H18N2O3. The molecule has 1 heterocycles. The maximum Gasteiger partial charge on any atom is 0.254 e. The van der Waals surface area contributed by atoms with Crippen LogP contribution in [-0.4, -0.2) is 48.6 Å². The Hall–Kier alpha value is -1.88. The molecule has 0 radical (unpaired) electrons. The molecule has 5 heteroatoms. The van der Waals surface area contributed by atoms with Crippen LogP contribution in [-0.2, 0) is 9.53 Å². The van der Waals surface area contributed by atoms with Crippen molar-refractivity contribution in [2.24, 2.45) is 0 Å². The van der Waals surface area contributed by atoms with E-state index in [1.807, 2.05) is 18.2 Å². The van der Waals surface area contributed by atoms with Gasteiger partial charge in [-0.05, 0) is 25.0 Å². The topological polar surface area (TPSA) is 58.6 Å². The fourth-order valence-corrected chi connectivity index (χ4v) is 2.34. The molecule has 2 amide bonds. The maximum atomic E-state index is 12.5. The van der Waals surface area contributed by atoms with Gasteiger partial charge in [0.2, 0.25) is 5.91 Å². The summed E-state index contributed by atoms with van der Waals surface area (Å²) >= 11 is 0. The number of nitrogens with zero attached hydrogens (tertiary/aromatic N) is 1. The van der Waals surface area contributed by atoms with E-state index in [1.54, 1.807) is 17.0 Å². The van der Waals surface area contributed by atoms with Crippen LogP contribution in [0.15, 0.2) is 30.3 Å². The zero-order chi connectivity index (χ0) is 13.9. The van der Waals surface area contributed by atoms with E-state index in [2.05, 4.69) is 5.32 Å². The van der Waals surface area contributed by atoms with Crippen molar-refractivity contribution in [3.05, 3.63) is 35.9 Å². The van der Waals surface area contributed by atoms with Gasteiger partial charge in [0.1, 0.15) is 6.04 Å². The molecule has 20 heavy (non-hydrogen) atoms. The summed E-state index contributed by atoms with van der Waals surface area (Å²) in [6.07, 6.45) is 2.07. The molecule has 1 aromatic carbocycles. The van der Waals surface area contributed by atoms with E-state index < -0.39 is 6.04 Å². The standard InChI is InChI=1S/C15H18N2O3/c18-14(16-12-6-7-12)13-10-20-9-8-17(13)15(19)11-4-2-1-3-5-11/h1-5,12-13H,6-10H2,(H,16,18). The number of carbonyl (C=O) groups is 2. The van der Waals surface area contributed by atoms with Crippen molar-refractivity contribution in [3.63, 3.8) is 0 Å². The van der Waals surface area contributed by atoms with Crippen LogP contribution in [0.1, 0.15) is 23.2 Å². The predicted octanol–water partition coefficient (Wildman–Crippen LogP) is 0.806. The summed E-state index contributed by atoms with van der Waals surface area (Å²) < 4.78 is 5.37. The lowest BCUT2D eigenvalue weighted by Gasteiger charge is -2.34. The summed E-state index contributed by atoms with van der Waals surface area (Å²) in [5.74, 6) is -0.207. The Bertz CT molecular complexity index is 499. The van der Waals surface area contributed by atoms with Gasteiger partial charge in [0.05, 0.1) is 13.2 Å². The lowest BCUT2D eigenvalue weighted by Crippen LogP contribution is -2.56. The molecule has 5 nitrogen and oxygen atoms in total. The van der Waals surface area contributed by atoms with E-state index in [9.17, 15) is 9.59 Å². The van der Waals surface area contributed by atoms with E-state index in [-0.39, 0.29) is 24.5 Å². The third-order valence-corrected chi connectivity index (χ3v) is 3.64. The molecule has 1 atom stereocenters. The molecule has 1 aliphatic heterocycles. The number of hydrogen-bond donors (Lipinski definition) is 1. The van der Waals surface area contributed by atoms with Crippen LogP contribution in [0.3, 0.4) is 0 Å². The fourth-order valence-electron chi connectivity index (χ4n) is 2.34. The number of morpholine rings is 1. The first-order valence-electron chi connectivity index (χ1n) is 7.00. The fraction of sp³-hybridized carbons (Fsp3) is 0.467. The average Bonchev–Trinajstić information content (AvgIpc) is 3.31. The molecule has 0 bridgehead atoms. The third kappa shape index (κ3) is 2.82. The molecule has 1 saturated carbocycles. The van der Waals surface area contributed by atoms with Gasteiger partial charge in [-0.3, -0.25) is 9.59 Å². The van der Waals surface area contributed by atoms with Crippen LogP contribution in [0.25, 0.3) is 0 Å². The normalized spacial score (nSPS) is 22.4. The average molecular weight is 274 g/mol. The Morgan fingerprint density at radius 2 is 1.95 bits per heavy atom. The van der Waals surface area contributed by atoms with Crippen molar-refractivity contribution in [1.29, 1.82) is 0 Å². The van der Waals surface area contributed by atoms with Crippen molar-refractivity contribution in [2.75, 3.05) is 19.8 Å². The van der Waals surface area contributed by atoms with Gasteiger partial charge in [-0.15, -0.1) is 0 Å². The number of hydrogen-bond acceptors (Lipinski definition) is 3. The number of rotatable bonds is 3. The molecule has 2 aliphatic rings. The van der Waals surface area contributed by atoms with Gasteiger partial charge >= 0.3 is 0 Å². The monoisotopic (exact) mass is 274 g/mol. The van der Waals surface area contributed by atoms with E-state index in [0.717, 1.165) is 12.8 Å². The summed E-state index contributed by atoms with van der Waals surface area (Å²) in [7, 11) is 0. The van der Waals surface area contributed by atoms with Crippen molar-refractivity contribution < 1.29 is 14.3 Å². The number of amides is 2. The number of carbonyl (C=O) groups excluding carboxylic acids is 2. The van der Waals surface area contributed by atoms with E-state index in [1.165, 1.54) is 0 Å². The highest BCUT2D eigenvalue weighted by Gasteiger charge is 2.35. The Morgan fingerprint density at radius 3 is 2.65 bits per heavy atom. The van der Waals surface area contributed by atoms with Gasteiger partial charge in [-0.1, -0.05) is 18.2 Å². The van der Waals surface area contributed by atoms with Crippen LogP contribution in [0.2, 0.25) is 0 Å². The predicted molar refractivity (Wildman–Crippen MR) is 73.3 cm³/mol. The van der Waals surface area contributed by atoms with Gasteiger partial charge in [-0.2, -0.15) is 0 Å². The highest BCUT2D eigenvalue weighted by Crippen LogP contribution is 2.20. The first-order valence-corrected chi connectivity index (χ1v) is 7.00. The third-order valence-electron chi connectivity index (χ3n) is 3.64. The molecule has 3 rings (SSSR count). The zero-order valence-corrected chi connectivity index (χ0v) is 11.2. The number of ether oxygens (including phenoxy) is 1. The Balaban J connectivity index is 1.74. The van der Waals surface area contributed by atoms with E-state index >= 15 is 0 Å². The second kappa shape index (κ2) is 5.63. The van der Waals surface area contributed by atoms with Gasteiger partial charge in [0, 0.05) is 18.2 Å². The largest absolute Gasteiger partial charge is 0.377 e. The zero-order valence-electron chi connectivity index (χ0n) is 11.2. The van der Waals surface area contributed by atoms with Crippen LogP contribution >= 0.6 is 0 Å². The Morgan fingerprint density at radius 1 is 1.20 bits per heavy atom. The number of benzene rings is 1. The highest BCUT2D eigenvalue weighted by molar-refractivity contribution is 5.97. The summed E-state index contributed by atoms with van der Waals surface area (Å²) in [4.78, 5) is 26.3. The van der Waals surface area contributed by atoms with Crippen molar-refractivity contribution in [1.82, 2.24) is 10.2 Å². The minimum Gasteiger partial charge on any atom is -0.377 e. The Kier molecular flexibility index (Phi) is 3.69. The molecule has 1 saturated heterocycles. The second-order valence-electron chi connectivity index (χ2n) is 5.24. The molecule has 0 spiro atoms. The van der Waals surface area contributed by atoms with Crippen LogP contribution < -0.4 is 5.32 Å². The molecule has 2 fully saturated rings. The highest BCUT2D eigenvalue weighted by atomic mass is 16.5. The summed E-state index contributed by atoms with van der Waals surface area (Å²) in [5.41, 5.74) is 0.610. The van der Waals surface area contributed by atoms with Crippen molar-refractivity contribution in [2.45, 2.75) is 24.9 Å². The van der Waals surface area contributed by atoms with Crippen LogP contribution in [0, 0.1) is 0 Å². The molecule has 1 unspecified atom stereocenters. The second-order valence-corrected chi connectivity index (χ2v) is 5.24. The van der Waals surface area contributed by atoms with E-state index in [4.69, 9.17) is 4.74 Å².